The Kier molecular flexibility index (Phi) is 2.66. The number of hydrogen-bond donors (Lipinski definition) is 0. The smallest absolute Gasteiger partial charge is 0.0527 e. The molecule has 0 aromatic heterocycles. The van der Waals surface area contributed by atoms with Crippen molar-refractivity contribution in [2.45, 2.75) is 12.8 Å². The lowest BCUT2D eigenvalue weighted by atomic mass is 9.92. The van der Waals surface area contributed by atoms with Crippen LogP contribution in [0.2, 0.25) is 0 Å². The molecule has 0 bridgehead atoms. The van der Waals surface area contributed by atoms with Gasteiger partial charge in [0.15, 0.2) is 0 Å². The van der Waals surface area contributed by atoms with Gasteiger partial charge in [-0.3, -0.25) is 0 Å². The van der Waals surface area contributed by atoms with E-state index in [1.54, 1.807) is 0 Å². The Morgan fingerprint density at radius 1 is 1.21 bits per heavy atom. The average molecular weight is 225 g/mol. The highest BCUT2D eigenvalue weighted by atomic mass is 35.5. The van der Waals surface area contributed by atoms with Gasteiger partial charge in [-0.05, 0) is 29.5 Å². The van der Waals surface area contributed by atoms with Gasteiger partial charge in [0.1, 0.15) is 0 Å². The van der Waals surface area contributed by atoms with Gasteiger partial charge in [-0.1, -0.05) is 54.0 Å². The summed E-state index contributed by atoms with van der Waals surface area (Å²) in [5, 5.41) is 1.32. The molecule has 0 N–H and O–H groups in total. The highest BCUT2D eigenvalue weighted by molar-refractivity contribution is 6.51. The predicted octanol–water partition coefficient (Wildman–Crippen LogP) is 4.34. The van der Waals surface area contributed by atoms with E-state index in [2.05, 4.69) is 12.6 Å². The van der Waals surface area contributed by atoms with E-state index in [1.807, 2.05) is 18.2 Å². The molecule has 2 heteroatoms. The molecule has 72 valence electrons. The van der Waals surface area contributed by atoms with E-state index in [9.17, 15) is 0 Å². The van der Waals surface area contributed by atoms with Gasteiger partial charge in [0, 0.05) is 5.03 Å². The first-order valence-electron chi connectivity index (χ1n) is 4.52. The molecule has 1 aromatic rings. The second kappa shape index (κ2) is 3.80. The van der Waals surface area contributed by atoms with Gasteiger partial charge >= 0.3 is 0 Å². The van der Waals surface area contributed by atoms with E-state index in [4.69, 9.17) is 23.2 Å². The summed E-state index contributed by atoms with van der Waals surface area (Å²) in [6.45, 7) is 3.73. The standard InChI is InChI=1S/C12H10Cl2/c1-8(13)10-7-6-9-4-2-3-5-11(9)12(10)14/h2-5H,1,6-7H2. The molecule has 0 aliphatic heterocycles. The summed E-state index contributed by atoms with van der Waals surface area (Å²) in [5.41, 5.74) is 3.36. The van der Waals surface area contributed by atoms with Crippen LogP contribution in [-0.4, -0.2) is 0 Å². The van der Waals surface area contributed by atoms with Gasteiger partial charge in [0.05, 0.1) is 5.03 Å². The van der Waals surface area contributed by atoms with Crippen LogP contribution < -0.4 is 0 Å². The van der Waals surface area contributed by atoms with Crippen LogP contribution in [0.4, 0.5) is 0 Å². The third kappa shape index (κ3) is 1.60. The van der Waals surface area contributed by atoms with Crippen molar-refractivity contribution in [1.82, 2.24) is 0 Å². The largest absolute Gasteiger partial charge is 0.0846 e. The number of hydrogen-bond acceptors (Lipinski definition) is 0. The fourth-order valence-electron chi connectivity index (χ4n) is 1.74. The second-order valence-corrected chi connectivity index (χ2v) is 4.19. The molecule has 14 heavy (non-hydrogen) atoms. The maximum absolute atomic E-state index is 6.24. The first kappa shape index (κ1) is 9.82. The molecule has 0 nitrogen and oxygen atoms in total. The van der Waals surface area contributed by atoms with E-state index < -0.39 is 0 Å². The number of halogens is 2. The third-order valence-corrected chi connectivity index (χ3v) is 3.15. The molecule has 0 heterocycles. The van der Waals surface area contributed by atoms with E-state index in [0.29, 0.717) is 5.03 Å². The second-order valence-electron chi connectivity index (χ2n) is 3.35. The maximum Gasteiger partial charge on any atom is 0.0527 e. The minimum atomic E-state index is 0.560. The van der Waals surface area contributed by atoms with Crippen LogP contribution in [0.5, 0.6) is 0 Å². The lowest BCUT2D eigenvalue weighted by molar-refractivity contribution is 0.944. The Morgan fingerprint density at radius 3 is 2.64 bits per heavy atom. The van der Waals surface area contributed by atoms with Crippen molar-refractivity contribution in [1.29, 1.82) is 0 Å². The van der Waals surface area contributed by atoms with E-state index in [-0.39, 0.29) is 0 Å². The fourth-order valence-corrected chi connectivity index (χ4v) is 2.37. The van der Waals surface area contributed by atoms with Crippen LogP contribution in [0.3, 0.4) is 0 Å². The summed E-state index contributed by atoms with van der Waals surface area (Å²) in [6.07, 6.45) is 1.88. The number of fused-ring (bicyclic) bond motifs is 1. The molecule has 0 spiro atoms. The average Bonchev–Trinajstić information content (AvgIpc) is 2.18. The predicted molar refractivity (Wildman–Crippen MR) is 62.5 cm³/mol. The molecule has 0 atom stereocenters. The van der Waals surface area contributed by atoms with Gasteiger partial charge in [-0.2, -0.15) is 0 Å². The van der Waals surface area contributed by atoms with Crippen LogP contribution in [0.25, 0.3) is 5.03 Å². The number of rotatable bonds is 1. The van der Waals surface area contributed by atoms with E-state index >= 15 is 0 Å². The molecule has 1 aromatic carbocycles. The molecule has 0 fully saturated rings. The summed E-state index contributed by atoms with van der Waals surface area (Å²) >= 11 is 12.1. The number of allylic oxidation sites excluding steroid dienone is 2. The highest BCUT2D eigenvalue weighted by Crippen LogP contribution is 2.37. The zero-order valence-corrected chi connectivity index (χ0v) is 9.20. The summed E-state index contributed by atoms with van der Waals surface area (Å²) in [7, 11) is 0. The van der Waals surface area contributed by atoms with E-state index in [1.165, 1.54) is 5.56 Å². The van der Waals surface area contributed by atoms with Crippen LogP contribution in [0, 0.1) is 0 Å². The lowest BCUT2D eigenvalue weighted by Crippen LogP contribution is -2.01. The Labute approximate surface area is 93.8 Å². The normalized spacial score (nSPS) is 15.3. The minimum Gasteiger partial charge on any atom is -0.0846 e. The number of benzene rings is 1. The Morgan fingerprint density at radius 2 is 1.93 bits per heavy atom. The molecule has 0 saturated heterocycles. The van der Waals surface area contributed by atoms with Crippen molar-refractivity contribution < 1.29 is 0 Å². The Bertz CT molecular complexity index is 416. The van der Waals surface area contributed by atoms with Crippen molar-refractivity contribution in [3.05, 3.63) is 52.6 Å². The Hall–Kier alpha value is -0.720. The van der Waals surface area contributed by atoms with Crippen molar-refractivity contribution >= 4 is 28.2 Å². The first-order chi connectivity index (χ1) is 6.70. The molecular formula is C12H10Cl2. The van der Waals surface area contributed by atoms with Crippen LogP contribution in [0.1, 0.15) is 17.5 Å². The van der Waals surface area contributed by atoms with Crippen molar-refractivity contribution in [3.8, 4) is 0 Å². The molecule has 1 aliphatic carbocycles. The lowest BCUT2D eigenvalue weighted by Gasteiger charge is -2.18. The minimum absolute atomic E-state index is 0.560. The van der Waals surface area contributed by atoms with Gasteiger partial charge in [0.25, 0.3) is 0 Å². The molecular weight excluding hydrogens is 215 g/mol. The highest BCUT2D eigenvalue weighted by Gasteiger charge is 2.17. The first-order valence-corrected chi connectivity index (χ1v) is 5.27. The number of aryl methyl sites for hydroxylation is 1. The quantitative estimate of drug-likeness (QED) is 0.667. The zero-order chi connectivity index (χ0) is 10.1. The topological polar surface area (TPSA) is 0 Å². The van der Waals surface area contributed by atoms with Crippen molar-refractivity contribution in [3.63, 3.8) is 0 Å². The molecule has 0 radical (unpaired) electrons. The van der Waals surface area contributed by atoms with Crippen molar-refractivity contribution in [2.75, 3.05) is 0 Å². The monoisotopic (exact) mass is 224 g/mol. The van der Waals surface area contributed by atoms with Crippen LogP contribution >= 0.6 is 23.2 Å². The van der Waals surface area contributed by atoms with Gasteiger partial charge in [0.2, 0.25) is 0 Å². The third-order valence-electron chi connectivity index (χ3n) is 2.49. The van der Waals surface area contributed by atoms with Gasteiger partial charge < -0.3 is 0 Å². The zero-order valence-electron chi connectivity index (χ0n) is 7.69. The molecule has 0 unspecified atom stereocenters. The molecule has 2 rings (SSSR count). The SMILES string of the molecule is C=C(Cl)C1=C(Cl)c2ccccc2CC1. The van der Waals surface area contributed by atoms with E-state index in [0.717, 1.165) is 29.0 Å². The summed E-state index contributed by atoms with van der Waals surface area (Å²) in [6, 6.07) is 8.15. The van der Waals surface area contributed by atoms with Crippen molar-refractivity contribution in [2.24, 2.45) is 0 Å². The van der Waals surface area contributed by atoms with Gasteiger partial charge in [-0.25, -0.2) is 0 Å². The summed E-state index contributed by atoms with van der Waals surface area (Å²) in [4.78, 5) is 0. The van der Waals surface area contributed by atoms with Crippen LogP contribution in [0.15, 0.2) is 41.4 Å². The molecule has 0 saturated carbocycles. The summed E-state index contributed by atoms with van der Waals surface area (Å²) < 4.78 is 0. The summed E-state index contributed by atoms with van der Waals surface area (Å²) in [5.74, 6) is 0. The Balaban J connectivity index is 2.56. The molecule has 0 amide bonds. The van der Waals surface area contributed by atoms with Crippen LogP contribution in [-0.2, 0) is 6.42 Å². The molecule has 1 aliphatic rings. The van der Waals surface area contributed by atoms with Gasteiger partial charge in [-0.15, -0.1) is 0 Å². The maximum atomic E-state index is 6.24. The fraction of sp³-hybridized carbons (Fsp3) is 0.167.